The van der Waals surface area contributed by atoms with Crippen molar-refractivity contribution in [1.82, 2.24) is 9.80 Å². The van der Waals surface area contributed by atoms with E-state index in [2.05, 4.69) is 28.9 Å². The quantitative estimate of drug-likeness (QED) is 0.788. The van der Waals surface area contributed by atoms with Crippen LogP contribution in [0.15, 0.2) is 23.3 Å². The van der Waals surface area contributed by atoms with Gasteiger partial charge in [-0.15, -0.1) is 0 Å². The molecule has 4 heteroatoms. The predicted octanol–water partition coefficient (Wildman–Crippen LogP) is 0.980. The molecule has 114 valence electrons. The third-order valence-corrected chi connectivity index (χ3v) is 4.64. The molecule has 2 rings (SSSR count). The molecule has 2 aliphatic rings. The van der Waals surface area contributed by atoms with Crippen molar-refractivity contribution in [1.29, 1.82) is 0 Å². The fourth-order valence-electron chi connectivity index (χ4n) is 3.27. The van der Waals surface area contributed by atoms with Gasteiger partial charge in [0.2, 0.25) is 0 Å². The highest BCUT2D eigenvalue weighted by Crippen LogP contribution is 2.24. The van der Waals surface area contributed by atoms with Crippen molar-refractivity contribution in [3.63, 3.8) is 0 Å². The summed E-state index contributed by atoms with van der Waals surface area (Å²) in [5, 5.41) is 9.00. The summed E-state index contributed by atoms with van der Waals surface area (Å²) in [7, 11) is 0. The minimum absolute atomic E-state index is 0.282. The first kappa shape index (κ1) is 15.7. The second-order valence-electron chi connectivity index (χ2n) is 5.96. The van der Waals surface area contributed by atoms with E-state index in [9.17, 15) is 0 Å². The molecule has 2 heterocycles. The van der Waals surface area contributed by atoms with Crippen molar-refractivity contribution in [2.45, 2.75) is 32.2 Å². The van der Waals surface area contributed by atoms with Crippen molar-refractivity contribution < 1.29 is 5.11 Å². The minimum atomic E-state index is 0.282. The van der Waals surface area contributed by atoms with E-state index in [1.165, 1.54) is 37.0 Å². The van der Waals surface area contributed by atoms with Gasteiger partial charge in [0.1, 0.15) is 0 Å². The van der Waals surface area contributed by atoms with E-state index in [4.69, 9.17) is 10.8 Å². The van der Waals surface area contributed by atoms with E-state index in [0.717, 1.165) is 26.2 Å². The van der Waals surface area contributed by atoms with Crippen LogP contribution < -0.4 is 5.73 Å². The topological polar surface area (TPSA) is 52.7 Å². The van der Waals surface area contributed by atoms with Gasteiger partial charge in [-0.1, -0.05) is 17.7 Å². The van der Waals surface area contributed by atoms with E-state index >= 15 is 0 Å². The molecule has 0 aliphatic carbocycles. The fourth-order valence-corrected chi connectivity index (χ4v) is 3.27. The molecule has 1 fully saturated rings. The van der Waals surface area contributed by atoms with Gasteiger partial charge in [0.05, 0.1) is 6.61 Å². The summed E-state index contributed by atoms with van der Waals surface area (Å²) < 4.78 is 0. The zero-order chi connectivity index (χ0) is 14.4. The van der Waals surface area contributed by atoms with Gasteiger partial charge in [-0.3, -0.25) is 4.90 Å². The molecule has 0 unspecified atom stereocenters. The molecule has 0 bridgehead atoms. The van der Waals surface area contributed by atoms with Gasteiger partial charge in [-0.2, -0.15) is 0 Å². The lowest BCUT2D eigenvalue weighted by molar-refractivity contribution is 0.0997. The molecule has 0 aromatic heterocycles. The maximum Gasteiger partial charge on any atom is 0.0558 e. The monoisotopic (exact) mass is 279 g/mol. The number of likely N-dealkylation sites (tertiary alicyclic amines) is 1. The molecule has 0 aromatic carbocycles. The van der Waals surface area contributed by atoms with Gasteiger partial charge in [0, 0.05) is 32.2 Å². The predicted molar refractivity (Wildman–Crippen MR) is 83.6 cm³/mol. The number of hydrogen-bond donors (Lipinski definition) is 2. The summed E-state index contributed by atoms with van der Waals surface area (Å²) in [5.41, 5.74) is 8.54. The lowest BCUT2D eigenvalue weighted by Crippen LogP contribution is -2.47. The zero-order valence-corrected chi connectivity index (χ0v) is 12.7. The van der Waals surface area contributed by atoms with Crippen LogP contribution in [-0.4, -0.2) is 66.8 Å². The van der Waals surface area contributed by atoms with Gasteiger partial charge in [-0.05, 0) is 44.8 Å². The molecule has 0 radical (unpaired) electrons. The Balaban J connectivity index is 1.87. The summed E-state index contributed by atoms with van der Waals surface area (Å²) in [6.07, 6.45) is 7.91. The van der Waals surface area contributed by atoms with Gasteiger partial charge in [0.15, 0.2) is 0 Å². The molecular weight excluding hydrogens is 250 g/mol. The molecule has 3 N–H and O–H groups in total. The zero-order valence-electron chi connectivity index (χ0n) is 12.7. The van der Waals surface area contributed by atoms with E-state index in [1.807, 2.05) is 0 Å². The van der Waals surface area contributed by atoms with Gasteiger partial charge in [0.25, 0.3) is 0 Å². The highest BCUT2D eigenvalue weighted by molar-refractivity contribution is 5.28. The summed E-state index contributed by atoms with van der Waals surface area (Å²) in [6, 6.07) is 0.708. The first-order valence-corrected chi connectivity index (χ1v) is 7.87. The van der Waals surface area contributed by atoms with Crippen LogP contribution in [-0.2, 0) is 0 Å². The van der Waals surface area contributed by atoms with E-state index < -0.39 is 0 Å². The first-order valence-electron chi connectivity index (χ1n) is 7.87. The molecular formula is C16H29N3O. The Morgan fingerprint density at radius 1 is 1.30 bits per heavy atom. The number of hydrogen-bond acceptors (Lipinski definition) is 4. The number of aliphatic hydroxyl groups is 1. The molecule has 0 amide bonds. The second-order valence-corrected chi connectivity index (χ2v) is 5.96. The van der Waals surface area contributed by atoms with Crippen molar-refractivity contribution in [3.05, 3.63) is 23.3 Å². The lowest BCUT2D eigenvalue weighted by atomic mass is 9.96. The van der Waals surface area contributed by atoms with Crippen LogP contribution >= 0.6 is 0 Å². The molecule has 0 saturated carbocycles. The van der Waals surface area contributed by atoms with Crippen LogP contribution in [0, 0.1) is 0 Å². The molecule has 0 atom stereocenters. The maximum absolute atomic E-state index is 9.00. The number of nitrogens with two attached hydrogens (primary N) is 1. The molecule has 4 nitrogen and oxygen atoms in total. The normalized spacial score (nSPS) is 23.9. The first-order chi connectivity index (χ1) is 9.74. The Morgan fingerprint density at radius 3 is 2.70 bits per heavy atom. The van der Waals surface area contributed by atoms with Crippen LogP contribution in [0.2, 0.25) is 0 Å². The highest BCUT2D eigenvalue weighted by atomic mass is 16.3. The lowest BCUT2D eigenvalue weighted by Gasteiger charge is -2.40. The molecule has 0 spiro atoms. The number of rotatable bonds is 5. The number of β-amino-alcohol motifs (C(OH)–C–C–N with tert-alkyl or cyclic N) is 1. The smallest absolute Gasteiger partial charge is 0.0558 e. The highest BCUT2D eigenvalue weighted by Gasteiger charge is 2.26. The number of nitrogens with zero attached hydrogens (tertiary/aromatic N) is 2. The van der Waals surface area contributed by atoms with E-state index in [1.54, 1.807) is 0 Å². The van der Waals surface area contributed by atoms with E-state index in [-0.39, 0.29) is 6.61 Å². The van der Waals surface area contributed by atoms with Crippen LogP contribution in [0.5, 0.6) is 0 Å². The third kappa shape index (κ3) is 4.16. The Kier molecular flexibility index (Phi) is 6.23. The minimum Gasteiger partial charge on any atom is -0.395 e. The van der Waals surface area contributed by atoms with Gasteiger partial charge >= 0.3 is 0 Å². The van der Waals surface area contributed by atoms with Crippen LogP contribution in [0.3, 0.4) is 0 Å². The van der Waals surface area contributed by atoms with E-state index in [0.29, 0.717) is 12.6 Å². The third-order valence-electron chi connectivity index (χ3n) is 4.64. The van der Waals surface area contributed by atoms with Crippen LogP contribution in [0.25, 0.3) is 0 Å². The summed E-state index contributed by atoms with van der Waals surface area (Å²) in [5.74, 6) is 0. The maximum atomic E-state index is 9.00. The molecule has 20 heavy (non-hydrogen) atoms. The molecule has 2 aliphatic heterocycles. The molecule has 1 saturated heterocycles. The van der Waals surface area contributed by atoms with Gasteiger partial charge in [-0.25, -0.2) is 0 Å². The average molecular weight is 279 g/mol. The standard InChI is InChI=1S/C16H29N3O/c1-14-4-10-19(13-15(14)3-2-7-17)16-5-8-18(9-6-16)11-12-20/h2-3,16,20H,4-13,17H2,1H3/b3-2-. The number of piperidine rings is 1. The average Bonchev–Trinajstić information content (AvgIpc) is 2.48. The summed E-state index contributed by atoms with van der Waals surface area (Å²) in [6.45, 7) is 8.49. The van der Waals surface area contributed by atoms with Crippen LogP contribution in [0.4, 0.5) is 0 Å². The van der Waals surface area contributed by atoms with Gasteiger partial charge < -0.3 is 15.7 Å². The Bertz CT molecular complexity index is 357. The Labute approximate surface area is 122 Å². The molecule has 0 aromatic rings. The van der Waals surface area contributed by atoms with Crippen molar-refractivity contribution in [3.8, 4) is 0 Å². The Morgan fingerprint density at radius 2 is 2.05 bits per heavy atom. The largest absolute Gasteiger partial charge is 0.395 e. The van der Waals surface area contributed by atoms with Crippen molar-refractivity contribution in [2.75, 3.05) is 45.9 Å². The van der Waals surface area contributed by atoms with Crippen molar-refractivity contribution in [2.24, 2.45) is 5.73 Å². The summed E-state index contributed by atoms with van der Waals surface area (Å²) in [4.78, 5) is 5.01. The van der Waals surface area contributed by atoms with Crippen molar-refractivity contribution >= 4 is 0 Å². The fraction of sp³-hybridized carbons (Fsp3) is 0.750. The second kappa shape index (κ2) is 7.93. The Hall–Kier alpha value is -0.680. The summed E-state index contributed by atoms with van der Waals surface area (Å²) >= 11 is 0. The number of aliphatic hydroxyl groups excluding tert-OH is 1. The van der Waals surface area contributed by atoms with Crippen LogP contribution in [0.1, 0.15) is 26.2 Å². The SMILES string of the molecule is CC1=C(/C=C\CN)CN(C2CCN(CCO)CC2)CC1.